The highest BCUT2D eigenvalue weighted by Gasteiger charge is 2.13. The van der Waals surface area contributed by atoms with Crippen LogP contribution in [0.5, 0.6) is 0 Å². The Morgan fingerprint density at radius 2 is 2.33 bits per heavy atom. The maximum absolute atomic E-state index is 5.39. The first-order valence-electron chi connectivity index (χ1n) is 4.88. The second-order valence-electron chi connectivity index (χ2n) is 3.23. The highest BCUT2D eigenvalue weighted by molar-refractivity contribution is 8.22. The van der Waals surface area contributed by atoms with Crippen LogP contribution < -0.4 is 0 Å². The van der Waals surface area contributed by atoms with Crippen LogP contribution in [0.25, 0.3) is 0 Å². The number of morpholine rings is 1. The van der Waals surface area contributed by atoms with E-state index in [1.165, 1.54) is 4.88 Å². The van der Waals surface area contributed by atoms with Crippen molar-refractivity contribution in [3.05, 3.63) is 22.4 Å². The van der Waals surface area contributed by atoms with Gasteiger partial charge in [-0.2, -0.15) is 0 Å². The lowest BCUT2D eigenvalue weighted by molar-refractivity contribution is 0.0702. The molecule has 1 aromatic rings. The predicted molar refractivity (Wildman–Crippen MR) is 70.6 cm³/mol. The molecule has 2 rings (SSSR count). The largest absolute Gasteiger partial charge is 0.378 e. The van der Waals surface area contributed by atoms with Gasteiger partial charge in [-0.1, -0.05) is 30.0 Å². The van der Waals surface area contributed by atoms with Crippen LogP contribution in [0.2, 0.25) is 0 Å². The number of rotatable bonds is 2. The maximum atomic E-state index is 5.39. The summed E-state index contributed by atoms with van der Waals surface area (Å²) in [5.74, 6) is 0.994. The zero-order valence-electron chi connectivity index (χ0n) is 8.35. The Morgan fingerprint density at radius 1 is 1.53 bits per heavy atom. The zero-order chi connectivity index (χ0) is 10.5. The molecular formula is C10H13NOS3. The van der Waals surface area contributed by atoms with E-state index in [-0.39, 0.29) is 0 Å². The van der Waals surface area contributed by atoms with Crippen LogP contribution in [0, 0.1) is 0 Å². The molecule has 0 aliphatic carbocycles. The normalized spacial score (nSPS) is 16.7. The second-order valence-corrected chi connectivity index (χ2v) is 5.87. The van der Waals surface area contributed by atoms with Gasteiger partial charge in [-0.05, 0) is 11.4 Å². The average molecular weight is 259 g/mol. The lowest BCUT2D eigenvalue weighted by Gasteiger charge is -2.28. The SMILES string of the molecule is S=C(SCc1cccs1)N1CCOCC1. The summed E-state index contributed by atoms with van der Waals surface area (Å²) >= 11 is 8.93. The van der Waals surface area contributed by atoms with Crippen molar-refractivity contribution in [1.82, 2.24) is 4.90 Å². The van der Waals surface area contributed by atoms with Crippen molar-refractivity contribution in [2.24, 2.45) is 0 Å². The fourth-order valence-corrected chi connectivity index (χ4v) is 3.39. The van der Waals surface area contributed by atoms with E-state index in [0.29, 0.717) is 0 Å². The minimum Gasteiger partial charge on any atom is -0.378 e. The Morgan fingerprint density at radius 3 is 3.00 bits per heavy atom. The van der Waals surface area contributed by atoms with Gasteiger partial charge in [0, 0.05) is 23.7 Å². The Kier molecular flexibility index (Phi) is 4.43. The van der Waals surface area contributed by atoms with Crippen molar-refractivity contribution < 1.29 is 4.74 Å². The van der Waals surface area contributed by atoms with Gasteiger partial charge in [0.25, 0.3) is 0 Å². The molecule has 0 spiro atoms. The van der Waals surface area contributed by atoms with E-state index in [4.69, 9.17) is 17.0 Å². The summed E-state index contributed by atoms with van der Waals surface area (Å²) in [7, 11) is 0. The van der Waals surface area contributed by atoms with Gasteiger partial charge in [-0.25, -0.2) is 0 Å². The summed E-state index contributed by atoms with van der Waals surface area (Å²) in [6.07, 6.45) is 0. The molecule has 1 aliphatic rings. The van der Waals surface area contributed by atoms with Crippen molar-refractivity contribution in [3.63, 3.8) is 0 Å². The number of nitrogens with zero attached hydrogens (tertiary/aromatic N) is 1. The summed E-state index contributed by atoms with van der Waals surface area (Å²) in [4.78, 5) is 3.62. The topological polar surface area (TPSA) is 12.5 Å². The number of thioether (sulfide) groups is 1. The van der Waals surface area contributed by atoms with E-state index in [2.05, 4.69) is 22.4 Å². The number of thiocarbonyl (C=S) groups is 1. The first-order valence-corrected chi connectivity index (χ1v) is 7.15. The molecule has 0 unspecified atom stereocenters. The quantitative estimate of drug-likeness (QED) is 0.757. The molecule has 15 heavy (non-hydrogen) atoms. The van der Waals surface area contributed by atoms with Gasteiger partial charge in [0.2, 0.25) is 0 Å². The fourth-order valence-electron chi connectivity index (χ4n) is 1.36. The summed E-state index contributed by atoms with van der Waals surface area (Å²) in [5.41, 5.74) is 0. The third kappa shape index (κ3) is 3.45. The summed E-state index contributed by atoms with van der Waals surface area (Å²) in [6.45, 7) is 3.49. The number of ether oxygens (including phenoxy) is 1. The van der Waals surface area contributed by atoms with Gasteiger partial charge in [0.05, 0.1) is 13.2 Å². The van der Waals surface area contributed by atoms with E-state index in [0.717, 1.165) is 36.4 Å². The molecule has 0 atom stereocenters. The van der Waals surface area contributed by atoms with Gasteiger partial charge in [0.1, 0.15) is 4.32 Å². The van der Waals surface area contributed by atoms with Crippen LogP contribution in [0.4, 0.5) is 0 Å². The van der Waals surface area contributed by atoms with E-state index in [9.17, 15) is 0 Å². The summed E-state index contributed by atoms with van der Waals surface area (Å²) < 4.78 is 6.30. The van der Waals surface area contributed by atoms with Gasteiger partial charge < -0.3 is 9.64 Å². The van der Waals surface area contributed by atoms with E-state index >= 15 is 0 Å². The molecule has 0 N–H and O–H groups in total. The number of thiophene rings is 1. The Balaban J connectivity index is 1.76. The highest BCUT2D eigenvalue weighted by Crippen LogP contribution is 2.20. The van der Waals surface area contributed by atoms with E-state index < -0.39 is 0 Å². The van der Waals surface area contributed by atoms with Crippen LogP contribution in [-0.2, 0) is 10.5 Å². The molecule has 5 heteroatoms. The molecule has 2 nitrogen and oxygen atoms in total. The molecule has 0 saturated carbocycles. The van der Waals surface area contributed by atoms with E-state index in [1.807, 2.05) is 0 Å². The first-order chi connectivity index (χ1) is 7.36. The summed E-state index contributed by atoms with van der Waals surface area (Å²) in [5, 5.41) is 2.10. The van der Waals surface area contributed by atoms with E-state index in [1.54, 1.807) is 23.1 Å². The Labute approximate surface area is 104 Å². The third-order valence-electron chi connectivity index (χ3n) is 2.19. The van der Waals surface area contributed by atoms with Crippen molar-refractivity contribution in [1.29, 1.82) is 0 Å². The smallest absolute Gasteiger partial charge is 0.136 e. The fraction of sp³-hybridized carbons (Fsp3) is 0.500. The Bertz CT molecular complexity index is 306. The predicted octanol–water partition coefficient (Wildman–Crippen LogP) is 2.60. The minimum absolute atomic E-state index is 0.805. The number of hydrogen-bond donors (Lipinski definition) is 0. The zero-order valence-corrected chi connectivity index (χ0v) is 10.8. The summed E-state index contributed by atoms with van der Waals surface area (Å²) in [6, 6.07) is 4.23. The molecule has 0 amide bonds. The molecule has 1 saturated heterocycles. The Hall–Kier alpha value is -0.100. The average Bonchev–Trinajstić information content (AvgIpc) is 2.80. The van der Waals surface area contributed by atoms with Crippen LogP contribution in [-0.4, -0.2) is 35.5 Å². The van der Waals surface area contributed by atoms with Crippen molar-refractivity contribution in [3.8, 4) is 0 Å². The van der Waals surface area contributed by atoms with Crippen LogP contribution in [0.1, 0.15) is 4.88 Å². The van der Waals surface area contributed by atoms with Crippen LogP contribution in [0.3, 0.4) is 0 Å². The molecule has 1 aromatic heterocycles. The molecule has 0 aromatic carbocycles. The second kappa shape index (κ2) is 5.84. The number of hydrogen-bond acceptors (Lipinski definition) is 4. The van der Waals surface area contributed by atoms with Crippen molar-refractivity contribution >= 4 is 39.6 Å². The lowest BCUT2D eigenvalue weighted by atomic mass is 10.5. The van der Waals surface area contributed by atoms with Gasteiger partial charge in [0.15, 0.2) is 0 Å². The molecule has 0 bridgehead atoms. The van der Waals surface area contributed by atoms with Gasteiger partial charge in [-0.3, -0.25) is 0 Å². The molecule has 1 fully saturated rings. The van der Waals surface area contributed by atoms with Crippen molar-refractivity contribution in [2.45, 2.75) is 5.75 Å². The molecule has 1 aliphatic heterocycles. The van der Waals surface area contributed by atoms with Gasteiger partial charge in [-0.15, -0.1) is 11.3 Å². The first kappa shape index (κ1) is 11.4. The standard InChI is InChI=1S/C10H13NOS3/c13-10(11-3-5-12-6-4-11)15-8-9-2-1-7-14-9/h1-2,7H,3-6,8H2. The minimum atomic E-state index is 0.805. The van der Waals surface area contributed by atoms with Crippen molar-refractivity contribution in [2.75, 3.05) is 26.3 Å². The maximum Gasteiger partial charge on any atom is 0.136 e. The third-order valence-corrected chi connectivity index (χ3v) is 4.82. The molecular weight excluding hydrogens is 246 g/mol. The monoisotopic (exact) mass is 259 g/mol. The molecule has 2 heterocycles. The lowest BCUT2D eigenvalue weighted by Crippen LogP contribution is -2.38. The highest BCUT2D eigenvalue weighted by atomic mass is 32.2. The molecule has 82 valence electrons. The van der Waals surface area contributed by atoms with Gasteiger partial charge >= 0.3 is 0 Å². The van der Waals surface area contributed by atoms with Crippen LogP contribution >= 0.6 is 35.3 Å². The van der Waals surface area contributed by atoms with Crippen LogP contribution in [0.15, 0.2) is 17.5 Å². The molecule has 0 radical (unpaired) electrons.